The number of ether oxygens (including phenoxy) is 8. The Morgan fingerprint density at radius 3 is 1.83 bits per heavy atom. The highest BCUT2D eigenvalue weighted by molar-refractivity contribution is 5.00. The molecule has 136 valence electrons. The zero-order chi connectivity index (χ0) is 17.3. The molecule has 7 atom stereocenters. The van der Waals surface area contributed by atoms with Crippen LogP contribution < -0.4 is 0 Å². The summed E-state index contributed by atoms with van der Waals surface area (Å²) in [7, 11) is 7.82. The lowest BCUT2D eigenvalue weighted by atomic mass is 9.94. The third-order valence-corrected chi connectivity index (χ3v) is 4.75. The normalized spacial score (nSPS) is 47.3. The van der Waals surface area contributed by atoms with Crippen LogP contribution in [0.15, 0.2) is 0 Å². The lowest BCUT2D eigenvalue weighted by Gasteiger charge is -2.57. The molecule has 2 aliphatic rings. The third kappa shape index (κ3) is 3.14. The molecule has 0 aromatic rings. The van der Waals surface area contributed by atoms with Gasteiger partial charge >= 0.3 is 0 Å². The van der Waals surface area contributed by atoms with Crippen molar-refractivity contribution >= 4 is 0 Å². The highest BCUT2D eigenvalue weighted by Gasteiger charge is 2.62. The van der Waals surface area contributed by atoms with Crippen LogP contribution in [0.3, 0.4) is 0 Å². The van der Waals surface area contributed by atoms with Crippen LogP contribution >= 0.6 is 0 Å². The van der Waals surface area contributed by atoms with E-state index in [0.717, 1.165) is 0 Å². The summed E-state index contributed by atoms with van der Waals surface area (Å²) >= 11 is 0. The lowest BCUT2D eigenvalue weighted by molar-refractivity contribution is -0.480. The van der Waals surface area contributed by atoms with E-state index in [1.54, 1.807) is 49.4 Å². The van der Waals surface area contributed by atoms with Crippen molar-refractivity contribution in [1.29, 1.82) is 0 Å². The molecule has 0 bridgehead atoms. The van der Waals surface area contributed by atoms with E-state index in [4.69, 9.17) is 37.9 Å². The first-order valence-corrected chi connectivity index (χ1v) is 7.55. The summed E-state index contributed by atoms with van der Waals surface area (Å²) in [6, 6.07) is 0. The van der Waals surface area contributed by atoms with Crippen LogP contribution in [0.5, 0.6) is 0 Å². The molecule has 0 unspecified atom stereocenters. The summed E-state index contributed by atoms with van der Waals surface area (Å²) in [5.74, 6) is -2.23. The van der Waals surface area contributed by atoms with Crippen molar-refractivity contribution < 1.29 is 37.9 Å². The summed E-state index contributed by atoms with van der Waals surface area (Å²) in [5, 5.41) is 0. The van der Waals surface area contributed by atoms with Gasteiger partial charge in [0.05, 0.1) is 6.61 Å². The second-order valence-electron chi connectivity index (χ2n) is 5.90. The molecule has 8 nitrogen and oxygen atoms in total. The minimum absolute atomic E-state index is 0.324. The zero-order valence-corrected chi connectivity index (χ0v) is 14.9. The van der Waals surface area contributed by atoms with E-state index < -0.39 is 42.3 Å². The van der Waals surface area contributed by atoms with Gasteiger partial charge in [-0.1, -0.05) is 0 Å². The van der Waals surface area contributed by atoms with Crippen LogP contribution in [-0.2, 0) is 37.9 Å². The number of hydrogen-bond donors (Lipinski definition) is 0. The van der Waals surface area contributed by atoms with Gasteiger partial charge in [0.2, 0.25) is 11.6 Å². The first kappa shape index (κ1) is 19.0. The summed E-state index contributed by atoms with van der Waals surface area (Å²) < 4.78 is 45.6. The second kappa shape index (κ2) is 7.28. The van der Waals surface area contributed by atoms with Gasteiger partial charge in [-0.3, -0.25) is 0 Å². The molecule has 0 aliphatic carbocycles. The predicted octanol–water partition coefficient (Wildman–Crippen LogP) is 0.528. The van der Waals surface area contributed by atoms with Crippen molar-refractivity contribution in [3.05, 3.63) is 0 Å². The van der Waals surface area contributed by atoms with Gasteiger partial charge in [-0.05, 0) is 13.8 Å². The van der Waals surface area contributed by atoms with Gasteiger partial charge in [0.1, 0.15) is 24.4 Å². The molecule has 0 amide bonds. The van der Waals surface area contributed by atoms with Gasteiger partial charge in [-0.15, -0.1) is 0 Å². The van der Waals surface area contributed by atoms with E-state index in [9.17, 15) is 0 Å². The average Bonchev–Trinajstić information content (AvgIpc) is 2.56. The van der Waals surface area contributed by atoms with Crippen LogP contribution in [0.25, 0.3) is 0 Å². The maximum Gasteiger partial charge on any atom is 0.220 e. The fourth-order valence-electron chi connectivity index (χ4n) is 3.09. The summed E-state index contributed by atoms with van der Waals surface area (Å²) in [6.45, 7) is 3.85. The van der Waals surface area contributed by atoms with Crippen LogP contribution in [0.2, 0.25) is 0 Å². The molecular formula is C15H28O8. The number of hydrogen-bond acceptors (Lipinski definition) is 8. The minimum Gasteiger partial charge on any atom is -0.382 e. The molecule has 2 aliphatic heterocycles. The Balaban J connectivity index is 2.36. The molecule has 2 rings (SSSR count). The number of fused-ring (bicyclic) bond motifs is 1. The van der Waals surface area contributed by atoms with E-state index in [2.05, 4.69) is 0 Å². The molecule has 23 heavy (non-hydrogen) atoms. The Kier molecular flexibility index (Phi) is 6.02. The Morgan fingerprint density at radius 1 is 0.826 bits per heavy atom. The Labute approximate surface area is 137 Å². The summed E-state index contributed by atoms with van der Waals surface area (Å²) in [5.41, 5.74) is 0. The van der Waals surface area contributed by atoms with Gasteiger partial charge in [0.25, 0.3) is 0 Å². The lowest BCUT2D eigenvalue weighted by Crippen LogP contribution is -2.73. The number of rotatable bonds is 6. The molecular weight excluding hydrogens is 308 g/mol. The summed E-state index contributed by atoms with van der Waals surface area (Å²) in [4.78, 5) is 0. The first-order chi connectivity index (χ1) is 10.9. The Morgan fingerprint density at radius 2 is 1.39 bits per heavy atom. The van der Waals surface area contributed by atoms with Gasteiger partial charge < -0.3 is 37.9 Å². The van der Waals surface area contributed by atoms with Crippen LogP contribution in [0, 0.1) is 0 Å². The molecule has 0 radical (unpaired) electrons. The maximum absolute atomic E-state index is 6.23. The van der Waals surface area contributed by atoms with E-state index in [1.807, 2.05) is 0 Å². The zero-order valence-electron chi connectivity index (χ0n) is 14.9. The molecule has 0 aromatic heterocycles. The molecule has 0 spiro atoms. The quantitative estimate of drug-likeness (QED) is 0.695. The molecule has 8 heteroatoms. The van der Waals surface area contributed by atoms with Gasteiger partial charge in [-0.2, -0.15) is 0 Å². The van der Waals surface area contributed by atoms with Crippen LogP contribution in [0.1, 0.15) is 13.8 Å². The van der Waals surface area contributed by atoms with Crippen molar-refractivity contribution in [2.45, 2.75) is 56.1 Å². The van der Waals surface area contributed by atoms with E-state index in [1.165, 1.54) is 0 Å². The van der Waals surface area contributed by atoms with Gasteiger partial charge in [-0.25, -0.2) is 0 Å². The van der Waals surface area contributed by atoms with Crippen molar-refractivity contribution in [2.24, 2.45) is 0 Å². The van der Waals surface area contributed by atoms with Crippen LogP contribution in [0.4, 0.5) is 0 Å². The standard InChI is InChI=1S/C15H28O8/c1-14(19-6)15(2,20-7)23-11-10(22-14)9(8-16-3)21-13(18-5)12(11)17-4/h9-13H,8H2,1-7H3/t9-,10-,11+,12+,13+,14+,15+/m1/s1. The fraction of sp³-hybridized carbons (Fsp3) is 1.00. The summed E-state index contributed by atoms with van der Waals surface area (Å²) in [6.07, 6.45) is -2.39. The molecule has 2 heterocycles. The SMILES string of the molecule is COC[C@H]1O[C@H](OC)[C@@H](OC)[C@H]2O[C@](C)(OC)[C@@](C)(OC)O[C@@H]21. The van der Waals surface area contributed by atoms with Gasteiger partial charge in [0, 0.05) is 35.5 Å². The maximum atomic E-state index is 6.23. The molecule has 0 N–H and O–H groups in total. The monoisotopic (exact) mass is 336 g/mol. The van der Waals surface area contributed by atoms with E-state index in [-0.39, 0.29) is 0 Å². The largest absolute Gasteiger partial charge is 0.382 e. The molecule has 2 saturated heterocycles. The smallest absolute Gasteiger partial charge is 0.220 e. The highest BCUT2D eigenvalue weighted by Crippen LogP contribution is 2.44. The minimum atomic E-state index is -1.12. The topological polar surface area (TPSA) is 73.8 Å². The highest BCUT2D eigenvalue weighted by atomic mass is 16.8. The predicted molar refractivity (Wildman–Crippen MR) is 78.9 cm³/mol. The molecule has 2 fully saturated rings. The van der Waals surface area contributed by atoms with Crippen molar-refractivity contribution in [3.8, 4) is 0 Å². The van der Waals surface area contributed by atoms with Crippen molar-refractivity contribution in [1.82, 2.24) is 0 Å². The van der Waals surface area contributed by atoms with Crippen LogP contribution in [-0.4, -0.2) is 84.4 Å². The first-order valence-electron chi connectivity index (χ1n) is 7.55. The van der Waals surface area contributed by atoms with Crippen molar-refractivity contribution in [2.75, 3.05) is 42.2 Å². The molecule has 0 saturated carbocycles. The fourth-order valence-corrected chi connectivity index (χ4v) is 3.09. The Hall–Kier alpha value is -0.320. The average molecular weight is 336 g/mol. The molecule has 0 aromatic carbocycles. The Bertz CT molecular complexity index is 394. The van der Waals surface area contributed by atoms with E-state index >= 15 is 0 Å². The third-order valence-electron chi connectivity index (χ3n) is 4.75. The number of methoxy groups -OCH3 is 5. The van der Waals surface area contributed by atoms with Crippen molar-refractivity contribution in [3.63, 3.8) is 0 Å². The van der Waals surface area contributed by atoms with Gasteiger partial charge in [0.15, 0.2) is 6.29 Å². The second-order valence-corrected chi connectivity index (χ2v) is 5.90. The van der Waals surface area contributed by atoms with E-state index in [0.29, 0.717) is 6.61 Å².